The Labute approximate surface area is 165 Å². The van der Waals surface area contributed by atoms with Gasteiger partial charge in [-0.25, -0.2) is 13.2 Å². The number of carbonyl (C=O) groups excluding carboxylic acids is 2. The summed E-state index contributed by atoms with van der Waals surface area (Å²) in [6, 6.07) is 5.97. The van der Waals surface area contributed by atoms with Crippen LogP contribution in [0.4, 0.5) is 10.5 Å². The first kappa shape index (κ1) is 20.3. The number of hydrogen-bond donors (Lipinski definition) is 1. The summed E-state index contributed by atoms with van der Waals surface area (Å²) in [4.78, 5) is 25.2. The van der Waals surface area contributed by atoms with Crippen LogP contribution in [0.15, 0.2) is 41.8 Å². The van der Waals surface area contributed by atoms with Crippen LogP contribution < -0.4 is 5.32 Å². The number of hydrogen-bond acceptors (Lipinski definition) is 5. The van der Waals surface area contributed by atoms with Gasteiger partial charge in [0.2, 0.25) is 15.9 Å². The summed E-state index contributed by atoms with van der Waals surface area (Å²) in [6.07, 6.45) is 4.76. The summed E-state index contributed by atoms with van der Waals surface area (Å²) in [6.45, 7) is 4.42. The fraction of sp³-hybridized carbons (Fsp3) is 0.474. The molecule has 2 aliphatic rings. The molecule has 28 heavy (non-hydrogen) atoms. The van der Waals surface area contributed by atoms with Gasteiger partial charge in [0.1, 0.15) is 6.10 Å². The van der Waals surface area contributed by atoms with E-state index in [9.17, 15) is 18.0 Å². The summed E-state index contributed by atoms with van der Waals surface area (Å²) in [5, 5.41) is 2.57. The molecule has 3 rings (SSSR count). The second-order valence-electron chi connectivity index (χ2n) is 6.90. The number of anilines is 1. The topological polar surface area (TPSA) is 96.0 Å². The smallest absolute Gasteiger partial charge is 0.410 e. The zero-order valence-corrected chi connectivity index (χ0v) is 16.5. The molecule has 0 atom stereocenters. The quantitative estimate of drug-likeness (QED) is 0.755. The van der Waals surface area contributed by atoms with Crippen molar-refractivity contribution in [2.75, 3.05) is 31.5 Å². The standard InChI is InChI=1S/C19H25N3O5S/c1-2-18(23)20-15-7-9-17(10-8-15)28(25,26)22-13-11-21(12-14-22)19(24)27-16-5-3-4-6-16/h2,7-10,16H,1,3-6,11-14H2,(H,20,23). The average Bonchev–Trinajstić information content (AvgIpc) is 3.21. The zero-order chi connectivity index (χ0) is 20.1. The maximum Gasteiger partial charge on any atom is 0.410 e. The number of ether oxygens (including phenoxy) is 1. The van der Waals surface area contributed by atoms with Gasteiger partial charge >= 0.3 is 6.09 Å². The van der Waals surface area contributed by atoms with Crippen molar-refractivity contribution in [1.29, 1.82) is 0 Å². The van der Waals surface area contributed by atoms with Crippen molar-refractivity contribution < 1.29 is 22.7 Å². The number of nitrogens with one attached hydrogen (secondary N) is 1. The molecule has 1 heterocycles. The highest BCUT2D eigenvalue weighted by atomic mass is 32.2. The lowest BCUT2D eigenvalue weighted by Crippen LogP contribution is -2.51. The predicted molar refractivity (Wildman–Crippen MR) is 104 cm³/mol. The van der Waals surface area contributed by atoms with Gasteiger partial charge in [0, 0.05) is 31.9 Å². The SMILES string of the molecule is C=CC(=O)Nc1ccc(S(=O)(=O)N2CCN(C(=O)OC3CCCC3)CC2)cc1. The van der Waals surface area contributed by atoms with Crippen LogP contribution in [-0.4, -0.2) is 61.9 Å². The van der Waals surface area contributed by atoms with Crippen molar-refractivity contribution in [3.63, 3.8) is 0 Å². The van der Waals surface area contributed by atoms with Crippen LogP contribution in [0.25, 0.3) is 0 Å². The maximum atomic E-state index is 12.8. The number of sulfonamides is 1. The van der Waals surface area contributed by atoms with Gasteiger partial charge in [-0.05, 0) is 56.0 Å². The molecule has 9 heteroatoms. The fourth-order valence-corrected chi connectivity index (χ4v) is 4.81. The fourth-order valence-electron chi connectivity index (χ4n) is 3.39. The number of piperazine rings is 1. The first-order valence-electron chi connectivity index (χ1n) is 9.39. The average molecular weight is 407 g/mol. The molecule has 1 aromatic rings. The molecule has 1 aliphatic carbocycles. The van der Waals surface area contributed by atoms with E-state index < -0.39 is 10.0 Å². The zero-order valence-electron chi connectivity index (χ0n) is 15.7. The van der Waals surface area contributed by atoms with Crippen molar-refractivity contribution in [2.45, 2.75) is 36.7 Å². The Morgan fingerprint density at radius 3 is 2.25 bits per heavy atom. The lowest BCUT2D eigenvalue weighted by Gasteiger charge is -2.33. The number of carbonyl (C=O) groups is 2. The monoisotopic (exact) mass is 407 g/mol. The highest BCUT2D eigenvalue weighted by Crippen LogP contribution is 2.23. The van der Waals surface area contributed by atoms with Crippen molar-refractivity contribution in [3.05, 3.63) is 36.9 Å². The van der Waals surface area contributed by atoms with Gasteiger partial charge in [-0.15, -0.1) is 0 Å². The molecule has 1 aliphatic heterocycles. The highest BCUT2D eigenvalue weighted by molar-refractivity contribution is 7.89. The van der Waals surface area contributed by atoms with E-state index in [1.807, 2.05) is 0 Å². The number of rotatable bonds is 5. The van der Waals surface area contributed by atoms with Gasteiger partial charge in [0.15, 0.2) is 0 Å². The summed E-state index contributed by atoms with van der Waals surface area (Å²) >= 11 is 0. The second kappa shape index (κ2) is 8.74. The predicted octanol–water partition coefficient (Wildman–Crippen LogP) is 2.20. The Kier molecular flexibility index (Phi) is 6.35. The van der Waals surface area contributed by atoms with Crippen molar-refractivity contribution >= 4 is 27.7 Å². The van der Waals surface area contributed by atoms with Gasteiger partial charge in [-0.1, -0.05) is 6.58 Å². The molecule has 0 bridgehead atoms. The van der Waals surface area contributed by atoms with E-state index in [1.54, 1.807) is 4.90 Å². The Morgan fingerprint density at radius 1 is 1.07 bits per heavy atom. The van der Waals surface area contributed by atoms with Crippen LogP contribution in [0.5, 0.6) is 0 Å². The van der Waals surface area contributed by atoms with E-state index in [0.29, 0.717) is 18.8 Å². The van der Waals surface area contributed by atoms with E-state index in [2.05, 4.69) is 11.9 Å². The third-order valence-corrected chi connectivity index (χ3v) is 6.92. The summed E-state index contributed by atoms with van der Waals surface area (Å²) in [5.74, 6) is -0.365. The third kappa shape index (κ3) is 4.71. The van der Waals surface area contributed by atoms with Crippen molar-refractivity contribution in [3.8, 4) is 0 Å². The summed E-state index contributed by atoms with van der Waals surface area (Å²) < 4.78 is 32.5. The molecule has 0 spiro atoms. The van der Waals surface area contributed by atoms with Crippen molar-refractivity contribution in [2.24, 2.45) is 0 Å². The molecule has 8 nitrogen and oxygen atoms in total. The van der Waals surface area contributed by atoms with Gasteiger partial charge in [0.25, 0.3) is 0 Å². The normalized spacial score (nSPS) is 18.6. The molecule has 1 saturated carbocycles. The van der Waals surface area contributed by atoms with Crippen LogP contribution >= 0.6 is 0 Å². The third-order valence-electron chi connectivity index (χ3n) is 5.01. The Morgan fingerprint density at radius 2 is 1.68 bits per heavy atom. The van der Waals surface area contributed by atoms with Crippen LogP contribution in [-0.2, 0) is 19.6 Å². The number of nitrogens with zero attached hydrogens (tertiary/aromatic N) is 2. The molecular weight excluding hydrogens is 382 g/mol. The van der Waals surface area contributed by atoms with Gasteiger partial charge in [-0.2, -0.15) is 4.31 Å². The minimum absolute atomic E-state index is 0.00522. The Balaban J connectivity index is 1.57. The minimum atomic E-state index is -3.66. The molecule has 1 aromatic carbocycles. The molecule has 1 N–H and O–H groups in total. The van der Waals surface area contributed by atoms with E-state index in [0.717, 1.165) is 31.8 Å². The van der Waals surface area contributed by atoms with Crippen LogP contribution in [0.2, 0.25) is 0 Å². The first-order valence-corrected chi connectivity index (χ1v) is 10.8. The maximum absolute atomic E-state index is 12.8. The van der Waals surface area contributed by atoms with Gasteiger partial charge in [0.05, 0.1) is 4.90 Å². The minimum Gasteiger partial charge on any atom is -0.446 e. The van der Waals surface area contributed by atoms with Crippen molar-refractivity contribution in [1.82, 2.24) is 9.21 Å². The van der Waals surface area contributed by atoms with Crippen LogP contribution in [0, 0.1) is 0 Å². The van der Waals surface area contributed by atoms with E-state index >= 15 is 0 Å². The molecule has 0 unspecified atom stereocenters. The lowest BCUT2D eigenvalue weighted by atomic mass is 10.3. The Bertz CT molecular complexity index is 824. The number of amides is 2. The van der Waals surface area contributed by atoms with Crippen LogP contribution in [0.1, 0.15) is 25.7 Å². The molecule has 2 amide bonds. The van der Waals surface area contributed by atoms with E-state index in [1.165, 1.54) is 28.6 Å². The van der Waals surface area contributed by atoms with Gasteiger partial charge in [-0.3, -0.25) is 4.79 Å². The molecule has 0 radical (unpaired) electrons. The Hall–Kier alpha value is -2.39. The lowest BCUT2D eigenvalue weighted by molar-refractivity contribution is -0.111. The largest absolute Gasteiger partial charge is 0.446 e. The molecule has 1 saturated heterocycles. The molecular formula is C19H25N3O5S. The summed E-state index contributed by atoms with van der Waals surface area (Å²) in [7, 11) is -3.66. The van der Waals surface area contributed by atoms with Gasteiger partial charge < -0.3 is 15.0 Å². The van der Waals surface area contributed by atoms with E-state index in [-0.39, 0.29) is 36.1 Å². The van der Waals surface area contributed by atoms with E-state index in [4.69, 9.17) is 4.74 Å². The number of benzene rings is 1. The molecule has 0 aromatic heterocycles. The second-order valence-corrected chi connectivity index (χ2v) is 8.84. The summed E-state index contributed by atoms with van der Waals surface area (Å²) in [5.41, 5.74) is 0.489. The first-order chi connectivity index (χ1) is 13.4. The molecule has 2 fully saturated rings. The highest BCUT2D eigenvalue weighted by Gasteiger charge is 2.31. The van der Waals surface area contributed by atoms with Crippen LogP contribution in [0.3, 0.4) is 0 Å². The molecule has 152 valence electrons.